The Bertz CT molecular complexity index is 804. The van der Waals surface area contributed by atoms with Crippen LogP contribution in [0.15, 0.2) is 59.1 Å². The van der Waals surface area contributed by atoms with Crippen LogP contribution < -0.4 is 10.6 Å². The molecule has 148 valence electrons. The molecule has 0 atom stereocenters. The molecule has 1 heterocycles. The van der Waals surface area contributed by atoms with Gasteiger partial charge in [-0.05, 0) is 43.0 Å². The van der Waals surface area contributed by atoms with Crippen LogP contribution in [0, 0.1) is 0 Å². The Labute approximate surface area is 174 Å². The van der Waals surface area contributed by atoms with Gasteiger partial charge < -0.3 is 15.4 Å². The molecule has 0 radical (unpaired) electrons. The van der Waals surface area contributed by atoms with Crippen LogP contribution in [0.3, 0.4) is 0 Å². The third kappa shape index (κ3) is 5.00. The van der Waals surface area contributed by atoms with E-state index in [1.165, 1.54) is 0 Å². The molecule has 2 aromatic rings. The molecule has 0 saturated carbocycles. The number of hydrogen-bond donors (Lipinski definition) is 2. The fourth-order valence-corrected chi connectivity index (χ4v) is 3.92. The van der Waals surface area contributed by atoms with Crippen LogP contribution in [-0.2, 0) is 14.9 Å². The first-order valence-corrected chi connectivity index (χ1v) is 10.4. The molecule has 1 fully saturated rings. The smallest absolute Gasteiger partial charge is 0.251 e. The first-order chi connectivity index (χ1) is 13.6. The average Bonchev–Trinajstić information content (AvgIpc) is 2.74. The van der Waals surface area contributed by atoms with Gasteiger partial charge in [0.15, 0.2) is 0 Å². The predicted octanol–water partition coefficient (Wildman–Crippen LogP) is 3.43. The molecule has 28 heavy (non-hydrogen) atoms. The summed E-state index contributed by atoms with van der Waals surface area (Å²) in [5.41, 5.74) is 1.13. The van der Waals surface area contributed by atoms with Crippen LogP contribution in [0.5, 0.6) is 0 Å². The van der Waals surface area contributed by atoms with Crippen molar-refractivity contribution in [3.63, 3.8) is 0 Å². The van der Waals surface area contributed by atoms with Gasteiger partial charge in [-0.25, -0.2) is 0 Å². The lowest BCUT2D eigenvalue weighted by Gasteiger charge is -2.36. The molecule has 0 bridgehead atoms. The third-order valence-electron chi connectivity index (χ3n) is 5.12. The normalized spacial score (nSPS) is 15.6. The van der Waals surface area contributed by atoms with E-state index in [4.69, 9.17) is 4.74 Å². The summed E-state index contributed by atoms with van der Waals surface area (Å²) in [5, 5.41) is 5.95. The first kappa shape index (κ1) is 20.6. The molecule has 6 heteroatoms. The molecule has 2 aromatic carbocycles. The molecule has 1 aliphatic rings. The minimum atomic E-state index is -0.529. The Kier molecular flexibility index (Phi) is 7.23. The highest BCUT2D eigenvalue weighted by molar-refractivity contribution is 9.10. The van der Waals surface area contributed by atoms with Crippen molar-refractivity contribution in [3.8, 4) is 0 Å². The topological polar surface area (TPSA) is 67.4 Å². The summed E-state index contributed by atoms with van der Waals surface area (Å²) in [7, 11) is 0. The summed E-state index contributed by atoms with van der Waals surface area (Å²) >= 11 is 3.37. The van der Waals surface area contributed by atoms with E-state index >= 15 is 0 Å². The minimum Gasteiger partial charge on any atom is -0.381 e. The molecule has 5 nitrogen and oxygen atoms in total. The summed E-state index contributed by atoms with van der Waals surface area (Å²) < 4.78 is 6.36. The van der Waals surface area contributed by atoms with Crippen molar-refractivity contribution in [1.29, 1.82) is 0 Å². The van der Waals surface area contributed by atoms with E-state index in [0.717, 1.165) is 10.0 Å². The van der Waals surface area contributed by atoms with Gasteiger partial charge in [0.25, 0.3) is 5.91 Å². The van der Waals surface area contributed by atoms with Gasteiger partial charge in [0, 0.05) is 36.3 Å². The van der Waals surface area contributed by atoms with Crippen LogP contribution in [0.4, 0.5) is 0 Å². The Morgan fingerprint density at radius 3 is 2.39 bits per heavy atom. The Morgan fingerprint density at radius 1 is 0.964 bits per heavy atom. The van der Waals surface area contributed by atoms with Crippen molar-refractivity contribution in [2.45, 2.75) is 24.7 Å². The number of ether oxygens (including phenoxy) is 1. The lowest BCUT2D eigenvalue weighted by Crippen LogP contribution is -2.48. The number of halogens is 1. The lowest BCUT2D eigenvalue weighted by molar-refractivity contribution is -0.130. The monoisotopic (exact) mass is 444 g/mol. The zero-order valence-electron chi connectivity index (χ0n) is 15.7. The van der Waals surface area contributed by atoms with E-state index < -0.39 is 5.41 Å². The number of amides is 2. The van der Waals surface area contributed by atoms with E-state index in [9.17, 15) is 9.59 Å². The third-order valence-corrected chi connectivity index (χ3v) is 5.61. The Balaban J connectivity index is 1.49. The van der Waals surface area contributed by atoms with Crippen molar-refractivity contribution in [1.82, 2.24) is 10.6 Å². The number of carbonyl (C=O) groups is 2. The molecule has 0 aromatic heterocycles. The fourth-order valence-electron chi connectivity index (χ4n) is 3.52. The highest BCUT2D eigenvalue weighted by atomic mass is 79.9. The van der Waals surface area contributed by atoms with Gasteiger partial charge in [0.05, 0.1) is 5.41 Å². The van der Waals surface area contributed by atoms with Crippen LogP contribution in [0.2, 0.25) is 0 Å². The van der Waals surface area contributed by atoms with Crippen LogP contribution in [0.1, 0.15) is 35.2 Å². The van der Waals surface area contributed by atoms with Crippen molar-refractivity contribution in [2.75, 3.05) is 26.3 Å². The van der Waals surface area contributed by atoms with Gasteiger partial charge in [-0.3, -0.25) is 9.59 Å². The van der Waals surface area contributed by atoms with Gasteiger partial charge in [-0.1, -0.05) is 52.3 Å². The lowest BCUT2D eigenvalue weighted by atomic mass is 9.73. The van der Waals surface area contributed by atoms with Gasteiger partial charge in [-0.2, -0.15) is 0 Å². The van der Waals surface area contributed by atoms with Crippen LogP contribution in [0.25, 0.3) is 0 Å². The molecule has 2 N–H and O–H groups in total. The molecule has 3 rings (SSSR count). The minimum absolute atomic E-state index is 0.0420. The van der Waals surface area contributed by atoms with Crippen LogP contribution >= 0.6 is 15.9 Å². The molecular formula is C22H25BrN2O3. The van der Waals surface area contributed by atoms with E-state index in [-0.39, 0.29) is 11.8 Å². The maximum atomic E-state index is 13.0. The van der Waals surface area contributed by atoms with Gasteiger partial charge in [0.2, 0.25) is 5.91 Å². The van der Waals surface area contributed by atoms with E-state index in [0.29, 0.717) is 51.1 Å². The Morgan fingerprint density at radius 2 is 1.68 bits per heavy atom. The second-order valence-electron chi connectivity index (χ2n) is 6.94. The summed E-state index contributed by atoms with van der Waals surface area (Å²) in [6.45, 7) is 2.20. The van der Waals surface area contributed by atoms with Crippen LogP contribution in [-0.4, -0.2) is 38.1 Å². The number of hydrogen-bond acceptors (Lipinski definition) is 3. The molecule has 1 saturated heterocycles. The highest BCUT2D eigenvalue weighted by Crippen LogP contribution is 2.35. The molecule has 2 amide bonds. The number of carbonyl (C=O) groups excluding carboxylic acids is 2. The van der Waals surface area contributed by atoms with Crippen molar-refractivity contribution < 1.29 is 14.3 Å². The van der Waals surface area contributed by atoms with E-state index in [1.54, 1.807) is 12.1 Å². The average molecular weight is 445 g/mol. The molecule has 0 spiro atoms. The predicted molar refractivity (Wildman–Crippen MR) is 112 cm³/mol. The summed E-state index contributed by atoms with van der Waals surface area (Å²) in [5.74, 6) is -0.0712. The zero-order chi connectivity index (χ0) is 19.8. The SMILES string of the molecule is O=C(NCCCNC(=O)C1(c2ccccc2)CCOCC1)c1cccc(Br)c1. The van der Waals surface area contributed by atoms with Crippen molar-refractivity contribution in [2.24, 2.45) is 0 Å². The summed E-state index contributed by atoms with van der Waals surface area (Å²) in [6.07, 6.45) is 2.04. The van der Waals surface area contributed by atoms with Crippen molar-refractivity contribution >= 4 is 27.7 Å². The second-order valence-corrected chi connectivity index (χ2v) is 7.85. The fraction of sp³-hybridized carbons (Fsp3) is 0.364. The molecule has 0 aliphatic carbocycles. The largest absolute Gasteiger partial charge is 0.381 e. The standard InChI is InChI=1S/C22H25BrN2O3/c23-19-9-4-6-17(16-19)20(26)24-12-5-13-25-21(27)22(10-14-28-15-11-22)18-7-2-1-3-8-18/h1-4,6-9,16H,5,10-15H2,(H,24,26)(H,25,27). The molecular weight excluding hydrogens is 420 g/mol. The van der Waals surface area contributed by atoms with Gasteiger partial charge >= 0.3 is 0 Å². The maximum Gasteiger partial charge on any atom is 0.251 e. The maximum absolute atomic E-state index is 13.0. The number of rotatable bonds is 7. The molecule has 1 aliphatic heterocycles. The van der Waals surface area contributed by atoms with Gasteiger partial charge in [-0.15, -0.1) is 0 Å². The summed E-state index contributed by atoms with van der Waals surface area (Å²) in [4.78, 5) is 25.2. The summed E-state index contributed by atoms with van der Waals surface area (Å²) in [6, 6.07) is 17.2. The van der Waals surface area contributed by atoms with E-state index in [2.05, 4.69) is 26.6 Å². The molecule has 0 unspecified atom stereocenters. The van der Waals surface area contributed by atoms with E-state index in [1.807, 2.05) is 42.5 Å². The highest BCUT2D eigenvalue weighted by Gasteiger charge is 2.41. The Hall–Kier alpha value is -2.18. The number of nitrogens with one attached hydrogen (secondary N) is 2. The van der Waals surface area contributed by atoms with Gasteiger partial charge in [0.1, 0.15) is 0 Å². The number of benzene rings is 2. The van der Waals surface area contributed by atoms with Crippen molar-refractivity contribution in [3.05, 3.63) is 70.2 Å². The first-order valence-electron chi connectivity index (χ1n) is 9.57. The quantitative estimate of drug-likeness (QED) is 0.642. The second kappa shape index (κ2) is 9.85. The zero-order valence-corrected chi connectivity index (χ0v) is 17.3.